The van der Waals surface area contributed by atoms with E-state index in [9.17, 15) is 18.0 Å². The number of rotatable bonds is 4. The van der Waals surface area contributed by atoms with Gasteiger partial charge >= 0.3 is 0 Å². The standard InChI is InChI=1S/C21H12ClF3N4O2/c1-11(30)29(17-5-3-2-4-13(17)22)21-18(16-6-7-26-10-27-16)20(28-31-21)12-8-14(23)19(25)15(24)9-12/h2-10H,1H3. The Morgan fingerprint density at radius 1 is 1.10 bits per heavy atom. The molecule has 0 aliphatic carbocycles. The van der Waals surface area contributed by atoms with E-state index in [0.717, 1.165) is 17.0 Å². The highest BCUT2D eigenvalue weighted by molar-refractivity contribution is 6.34. The summed E-state index contributed by atoms with van der Waals surface area (Å²) in [4.78, 5) is 21.7. The first kappa shape index (κ1) is 20.5. The zero-order valence-electron chi connectivity index (χ0n) is 15.8. The first-order chi connectivity index (χ1) is 14.9. The summed E-state index contributed by atoms with van der Waals surface area (Å²) in [6.07, 6.45) is 2.68. The summed E-state index contributed by atoms with van der Waals surface area (Å²) in [5, 5.41) is 4.16. The zero-order valence-corrected chi connectivity index (χ0v) is 16.6. The van der Waals surface area contributed by atoms with Crippen LogP contribution in [0.25, 0.3) is 22.5 Å². The van der Waals surface area contributed by atoms with E-state index in [0.29, 0.717) is 5.69 Å². The Hall–Kier alpha value is -3.72. The van der Waals surface area contributed by atoms with Crippen molar-refractivity contribution in [2.45, 2.75) is 6.92 Å². The van der Waals surface area contributed by atoms with Gasteiger partial charge in [0.15, 0.2) is 17.5 Å². The molecule has 0 saturated carbocycles. The number of benzene rings is 2. The molecule has 2 aromatic heterocycles. The molecule has 0 aliphatic heterocycles. The molecule has 0 spiro atoms. The summed E-state index contributed by atoms with van der Waals surface area (Å²) in [7, 11) is 0. The number of aromatic nitrogens is 3. The maximum absolute atomic E-state index is 13.9. The van der Waals surface area contributed by atoms with Gasteiger partial charge in [-0.25, -0.2) is 28.0 Å². The number of anilines is 2. The Morgan fingerprint density at radius 2 is 1.81 bits per heavy atom. The third kappa shape index (κ3) is 3.75. The van der Waals surface area contributed by atoms with Crippen LogP contribution >= 0.6 is 11.6 Å². The third-order valence-electron chi connectivity index (χ3n) is 4.38. The molecule has 0 N–H and O–H groups in total. The van der Waals surface area contributed by atoms with Crippen LogP contribution < -0.4 is 4.90 Å². The lowest BCUT2D eigenvalue weighted by atomic mass is 10.0. The fraction of sp³-hybridized carbons (Fsp3) is 0.0476. The maximum atomic E-state index is 13.9. The van der Waals surface area contributed by atoms with Crippen molar-refractivity contribution < 1.29 is 22.5 Å². The molecule has 0 unspecified atom stereocenters. The second-order valence-electron chi connectivity index (χ2n) is 6.37. The number of carbonyl (C=O) groups is 1. The zero-order chi connectivity index (χ0) is 22.1. The van der Waals surface area contributed by atoms with E-state index >= 15 is 0 Å². The highest BCUT2D eigenvalue weighted by atomic mass is 35.5. The van der Waals surface area contributed by atoms with Crippen LogP contribution in [0.15, 0.2) is 59.5 Å². The van der Waals surface area contributed by atoms with Crippen LogP contribution in [0.2, 0.25) is 5.02 Å². The van der Waals surface area contributed by atoms with E-state index in [1.54, 1.807) is 24.3 Å². The van der Waals surface area contributed by atoms with E-state index in [4.69, 9.17) is 16.1 Å². The van der Waals surface area contributed by atoms with E-state index in [2.05, 4.69) is 15.1 Å². The van der Waals surface area contributed by atoms with Crippen molar-refractivity contribution in [2.75, 3.05) is 4.90 Å². The molecule has 0 bridgehead atoms. The Labute approximate surface area is 178 Å². The summed E-state index contributed by atoms with van der Waals surface area (Å²) in [5.74, 6) is -4.97. The van der Waals surface area contributed by atoms with Gasteiger partial charge in [0.1, 0.15) is 12.0 Å². The average Bonchev–Trinajstić information content (AvgIpc) is 3.18. The van der Waals surface area contributed by atoms with E-state index < -0.39 is 23.4 Å². The van der Waals surface area contributed by atoms with Gasteiger partial charge in [-0.1, -0.05) is 28.9 Å². The van der Waals surface area contributed by atoms with Crippen LogP contribution in [0.1, 0.15) is 6.92 Å². The van der Waals surface area contributed by atoms with Gasteiger partial charge in [-0.3, -0.25) is 4.79 Å². The quantitative estimate of drug-likeness (QED) is 0.386. The Balaban J connectivity index is 2.00. The average molecular weight is 445 g/mol. The smallest absolute Gasteiger partial charge is 0.248 e. The molecule has 10 heteroatoms. The summed E-state index contributed by atoms with van der Waals surface area (Å²) >= 11 is 6.27. The minimum atomic E-state index is -1.61. The van der Waals surface area contributed by atoms with Crippen molar-refractivity contribution >= 4 is 29.1 Å². The molecule has 6 nitrogen and oxygen atoms in total. The molecule has 4 rings (SSSR count). The van der Waals surface area contributed by atoms with Gasteiger partial charge < -0.3 is 4.52 Å². The van der Waals surface area contributed by atoms with Crippen LogP contribution in [0.4, 0.5) is 24.7 Å². The van der Waals surface area contributed by atoms with Gasteiger partial charge in [0.2, 0.25) is 11.8 Å². The van der Waals surface area contributed by atoms with Gasteiger partial charge in [0.25, 0.3) is 0 Å². The van der Waals surface area contributed by atoms with Crippen LogP contribution in [0.5, 0.6) is 0 Å². The Morgan fingerprint density at radius 3 is 2.42 bits per heavy atom. The lowest BCUT2D eigenvalue weighted by molar-refractivity contribution is -0.116. The summed E-state index contributed by atoms with van der Waals surface area (Å²) in [5.41, 5.74) is 0.534. The van der Waals surface area contributed by atoms with Crippen LogP contribution in [-0.4, -0.2) is 21.0 Å². The summed E-state index contributed by atoms with van der Waals surface area (Å²) in [6, 6.07) is 9.58. The highest BCUT2D eigenvalue weighted by Crippen LogP contribution is 2.43. The highest BCUT2D eigenvalue weighted by Gasteiger charge is 2.30. The maximum Gasteiger partial charge on any atom is 0.248 e. The van der Waals surface area contributed by atoms with Crippen molar-refractivity contribution in [3.8, 4) is 22.5 Å². The molecule has 0 atom stereocenters. The minimum Gasteiger partial charge on any atom is -0.336 e. The van der Waals surface area contributed by atoms with Gasteiger partial charge in [0, 0.05) is 18.7 Å². The van der Waals surface area contributed by atoms with Crippen molar-refractivity contribution in [3.63, 3.8) is 0 Å². The molecule has 31 heavy (non-hydrogen) atoms. The molecule has 2 aromatic carbocycles. The first-order valence-corrected chi connectivity index (χ1v) is 9.22. The van der Waals surface area contributed by atoms with Crippen LogP contribution in [0.3, 0.4) is 0 Å². The van der Waals surface area contributed by atoms with Crippen LogP contribution in [-0.2, 0) is 4.79 Å². The molecular weight excluding hydrogens is 433 g/mol. The second-order valence-corrected chi connectivity index (χ2v) is 6.77. The van der Waals surface area contributed by atoms with Crippen molar-refractivity contribution in [1.82, 2.24) is 15.1 Å². The molecule has 0 saturated heterocycles. The monoisotopic (exact) mass is 444 g/mol. The van der Waals surface area contributed by atoms with E-state index in [1.165, 1.54) is 25.5 Å². The number of hydrogen-bond acceptors (Lipinski definition) is 5. The van der Waals surface area contributed by atoms with Gasteiger partial charge in [0.05, 0.1) is 22.0 Å². The molecule has 0 aliphatic rings. The first-order valence-electron chi connectivity index (χ1n) is 8.84. The molecule has 2 heterocycles. The predicted octanol–water partition coefficient (Wildman–Crippen LogP) is 5.55. The Kier molecular flexibility index (Phi) is 5.43. The predicted molar refractivity (Wildman–Crippen MR) is 107 cm³/mol. The van der Waals surface area contributed by atoms with E-state index in [1.807, 2.05) is 0 Å². The third-order valence-corrected chi connectivity index (χ3v) is 4.70. The molecule has 156 valence electrons. The van der Waals surface area contributed by atoms with Crippen molar-refractivity contribution in [2.24, 2.45) is 0 Å². The summed E-state index contributed by atoms with van der Waals surface area (Å²) in [6.45, 7) is 1.28. The lowest BCUT2D eigenvalue weighted by Crippen LogP contribution is -2.23. The lowest BCUT2D eigenvalue weighted by Gasteiger charge is -2.20. The summed E-state index contributed by atoms with van der Waals surface area (Å²) < 4.78 is 46.7. The van der Waals surface area contributed by atoms with E-state index in [-0.39, 0.29) is 33.4 Å². The number of hydrogen-bond donors (Lipinski definition) is 0. The number of amides is 1. The van der Waals surface area contributed by atoms with Gasteiger partial charge in [-0.2, -0.15) is 0 Å². The van der Waals surface area contributed by atoms with Gasteiger partial charge in [-0.15, -0.1) is 0 Å². The number of carbonyl (C=O) groups excluding carboxylic acids is 1. The normalized spacial score (nSPS) is 10.9. The van der Waals surface area contributed by atoms with Gasteiger partial charge in [-0.05, 0) is 30.3 Å². The number of halogens is 4. The minimum absolute atomic E-state index is 0.0511. The number of nitrogens with zero attached hydrogens (tertiary/aromatic N) is 4. The molecule has 4 aromatic rings. The molecule has 1 amide bonds. The van der Waals surface area contributed by atoms with Crippen molar-refractivity contribution in [3.05, 3.63) is 77.5 Å². The number of para-hydroxylation sites is 1. The molecule has 0 radical (unpaired) electrons. The van der Waals surface area contributed by atoms with Crippen molar-refractivity contribution in [1.29, 1.82) is 0 Å². The second kappa shape index (κ2) is 8.19. The topological polar surface area (TPSA) is 72.1 Å². The molecular formula is C21H12ClF3N4O2. The SMILES string of the molecule is CC(=O)N(c1ccccc1Cl)c1onc(-c2cc(F)c(F)c(F)c2)c1-c1ccncn1. The molecule has 0 fully saturated rings. The fourth-order valence-electron chi connectivity index (χ4n) is 3.05. The van der Waals surface area contributed by atoms with Crippen LogP contribution in [0, 0.1) is 17.5 Å². The Bertz CT molecular complexity index is 1260. The largest absolute Gasteiger partial charge is 0.336 e. The fourth-order valence-corrected chi connectivity index (χ4v) is 3.27.